The van der Waals surface area contributed by atoms with Crippen molar-refractivity contribution in [2.24, 2.45) is 86.5 Å². The molecule has 0 unspecified atom stereocenters. The van der Waals surface area contributed by atoms with Gasteiger partial charge in [-0.1, -0.05) is 47.0 Å². The Balaban J connectivity index is 1.36. The number of aliphatic imine (C=N–C) groups is 1. The van der Waals surface area contributed by atoms with E-state index in [4.69, 9.17) is 16.2 Å². The van der Waals surface area contributed by atoms with Crippen LogP contribution in [0.15, 0.2) is 35.1 Å². The second kappa shape index (κ2) is 16.8. The lowest BCUT2D eigenvalue weighted by molar-refractivity contribution is -0.188. The van der Waals surface area contributed by atoms with Gasteiger partial charge in [0, 0.05) is 54.4 Å². The Morgan fingerprint density at radius 2 is 1.80 bits per heavy atom. The summed E-state index contributed by atoms with van der Waals surface area (Å²) >= 11 is 0. The van der Waals surface area contributed by atoms with E-state index in [-0.39, 0.29) is 85.6 Å². The van der Waals surface area contributed by atoms with Gasteiger partial charge in [0.1, 0.15) is 0 Å². The minimum Gasteiger partial charge on any atom is -0.465 e. The van der Waals surface area contributed by atoms with E-state index in [1.807, 2.05) is 25.4 Å². The number of rotatable bonds is 8. The number of hydrogen-bond donors (Lipinski definition) is 8. The van der Waals surface area contributed by atoms with Crippen LogP contribution < -0.4 is 11.5 Å². The molecule has 0 radical (unpaired) electrons. The van der Waals surface area contributed by atoms with Crippen molar-refractivity contribution in [1.29, 1.82) is 0 Å². The first-order chi connectivity index (χ1) is 28.2. The van der Waals surface area contributed by atoms with E-state index in [0.717, 1.165) is 24.8 Å². The molecule has 6 aliphatic rings. The van der Waals surface area contributed by atoms with Crippen molar-refractivity contribution in [2.75, 3.05) is 13.2 Å². The number of aliphatic hydroxyl groups is 5. The van der Waals surface area contributed by atoms with Crippen molar-refractivity contribution in [3.05, 3.63) is 35.7 Å². The molecule has 17 atom stereocenters. The third kappa shape index (κ3) is 7.67. The molecule has 1 aliphatic heterocycles. The number of aliphatic hydroxyl groups excluding tert-OH is 3. The number of hydrogen-bond acceptors (Lipinski definition) is 9. The predicted octanol–water partition coefficient (Wildman–Crippen LogP) is 4.59. The third-order valence-corrected chi connectivity index (χ3v) is 17.3. The van der Waals surface area contributed by atoms with Gasteiger partial charge in [0.15, 0.2) is 11.7 Å². The van der Waals surface area contributed by atoms with Gasteiger partial charge in [0.25, 0.3) is 0 Å². The van der Waals surface area contributed by atoms with Crippen LogP contribution in [0.1, 0.15) is 124 Å². The Labute approximate surface area is 356 Å². The first kappa shape index (κ1) is 44.8. The van der Waals surface area contributed by atoms with Crippen LogP contribution in [0.2, 0.25) is 0 Å². The number of fused-ring (bicyclic) bond motifs is 7. The number of cyclic esters (lactones) is 1. The van der Waals surface area contributed by atoms with E-state index >= 15 is 0 Å². The summed E-state index contributed by atoms with van der Waals surface area (Å²) in [6, 6.07) is 1.94. The molecule has 0 spiro atoms. The molecule has 1 aromatic heterocycles. The van der Waals surface area contributed by atoms with Gasteiger partial charge < -0.3 is 46.7 Å². The van der Waals surface area contributed by atoms with E-state index in [9.17, 15) is 35.1 Å². The van der Waals surface area contributed by atoms with Crippen LogP contribution >= 0.6 is 0 Å². The molecule has 2 heterocycles. The highest BCUT2D eigenvalue weighted by atomic mass is 16.5. The van der Waals surface area contributed by atoms with Crippen molar-refractivity contribution in [3.63, 3.8) is 0 Å². The number of carbonyl (C=O) groups is 2. The van der Waals surface area contributed by atoms with Crippen molar-refractivity contribution in [1.82, 2.24) is 4.98 Å². The Kier molecular flexibility index (Phi) is 12.6. The Bertz CT molecular complexity index is 1860. The van der Waals surface area contributed by atoms with Gasteiger partial charge in [0.2, 0.25) is 0 Å². The number of guanidine groups is 1. The van der Waals surface area contributed by atoms with Gasteiger partial charge in [0.05, 0.1) is 42.0 Å². The molecule has 1 aromatic rings. The summed E-state index contributed by atoms with van der Waals surface area (Å²) in [5.41, 5.74) is 8.21. The maximum absolute atomic E-state index is 14.2. The van der Waals surface area contributed by atoms with E-state index in [0.29, 0.717) is 43.6 Å². The lowest BCUT2D eigenvalue weighted by Crippen LogP contribution is -2.64. The number of carbonyl (C=O) groups excluding carboxylic acids is 2. The monoisotopic (exact) mass is 833 g/mol. The van der Waals surface area contributed by atoms with Crippen LogP contribution in [0.4, 0.5) is 0 Å². The number of ether oxygens (including phenoxy) is 1. The third-order valence-electron chi connectivity index (χ3n) is 17.3. The largest absolute Gasteiger partial charge is 0.465 e. The van der Waals surface area contributed by atoms with Gasteiger partial charge in [-0.2, -0.15) is 0 Å². The Morgan fingerprint density at radius 1 is 1.05 bits per heavy atom. The van der Waals surface area contributed by atoms with Crippen molar-refractivity contribution in [3.8, 4) is 11.8 Å². The van der Waals surface area contributed by atoms with Crippen LogP contribution in [0.25, 0.3) is 0 Å². The fraction of sp³-hybridized carbons (Fsp3) is 0.771. The second-order valence-electron chi connectivity index (χ2n) is 21.1. The van der Waals surface area contributed by atoms with E-state index in [1.54, 1.807) is 13.0 Å². The van der Waals surface area contributed by atoms with Crippen LogP contribution in [0.3, 0.4) is 0 Å². The summed E-state index contributed by atoms with van der Waals surface area (Å²) in [5.74, 6) is 5.07. The summed E-state index contributed by atoms with van der Waals surface area (Å²) < 4.78 is 5.79. The van der Waals surface area contributed by atoms with E-state index < -0.39 is 64.0 Å². The fourth-order valence-corrected chi connectivity index (χ4v) is 13.9. The minimum absolute atomic E-state index is 0.00984. The smallest absolute Gasteiger partial charge is 0.313 e. The zero-order valence-electron chi connectivity index (χ0n) is 36.6. The number of aromatic nitrogens is 1. The summed E-state index contributed by atoms with van der Waals surface area (Å²) in [6.45, 7) is 13.0. The van der Waals surface area contributed by atoms with E-state index in [1.165, 1.54) is 0 Å². The highest BCUT2D eigenvalue weighted by Crippen LogP contribution is 2.71. The molecule has 1 saturated heterocycles. The number of ketones is 1. The molecule has 12 heteroatoms. The average Bonchev–Trinajstić information content (AvgIpc) is 3.90. The first-order valence-corrected chi connectivity index (χ1v) is 22.8. The van der Waals surface area contributed by atoms with Gasteiger partial charge in [-0.15, -0.1) is 5.92 Å². The molecule has 0 amide bonds. The molecule has 3 saturated carbocycles. The summed E-state index contributed by atoms with van der Waals surface area (Å²) in [5, 5.41) is 60.9. The fourth-order valence-electron chi connectivity index (χ4n) is 13.9. The van der Waals surface area contributed by atoms with Gasteiger partial charge in [-0.3, -0.25) is 14.6 Å². The number of aromatic amines is 1. The predicted molar refractivity (Wildman–Crippen MR) is 229 cm³/mol. The SMILES string of the molecule is CC(C)CC[C@@H]1C[C@H]([C@H]2COC(=O)[C@@H]2c2cc[nH]c2)C#CC[C@H]2C[C@@]3(O)C4=CC(=O)[C@@H]5C[C@@H](O)[C@@H](O)C[C@]5(C)[C@H]4CC[C@]3(CCN=C(N)N)[C@H]2[C@@](C)(O)[C@H](O)C[C@@H](C)[C@@H]1C. The molecule has 0 aromatic carbocycles. The number of nitrogens with one attached hydrogen (secondary N) is 1. The molecule has 5 aliphatic carbocycles. The molecule has 7 rings (SSSR count). The molecule has 0 bridgehead atoms. The Morgan fingerprint density at radius 3 is 2.48 bits per heavy atom. The first-order valence-electron chi connectivity index (χ1n) is 22.8. The van der Waals surface area contributed by atoms with Gasteiger partial charge in [-0.05, 0) is 129 Å². The van der Waals surface area contributed by atoms with Crippen molar-refractivity contribution < 1.29 is 39.9 Å². The topological polar surface area (TPSA) is 225 Å². The van der Waals surface area contributed by atoms with Crippen molar-refractivity contribution >= 4 is 17.7 Å². The zero-order chi connectivity index (χ0) is 43.5. The average molecular weight is 833 g/mol. The highest BCUT2D eigenvalue weighted by molar-refractivity contribution is 5.95. The summed E-state index contributed by atoms with van der Waals surface area (Å²) in [4.78, 5) is 35.1. The standard InChI is InChI=1S/C48H72N4O8/c1-26(2)10-11-29-19-30(33-25-60-43(57)41(33)32-13-16-51-24-32)8-7-9-31-22-48(59)35-20-37(53)36-21-38(54)39(55)23-45(36,5)34(35)12-14-47(48,15-17-52-44(49)50)42(31)46(6,58)40(56)18-27(3)28(29)4/h13,16,20,24,26-31,33-34,36,38-42,51,54-56,58-59H,9-12,14-15,17-19,21-23,25H2,1-6H3,(H4,49,50,52)/t27-,28+,29-,30-,31+,33-,34+,36+,38-,39+,40-,41-,42-,45-,46+,47+,48-/m1/s1. The summed E-state index contributed by atoms with van der Waals surface area (Å²) in [7, 11) is 0. The van der Waals surface area contributed by atoms with Crippen LogP contribution in [0.5, 0.6) is 0 Å². The van der Waals surface area contributed by atoms with Crippen LogP contribution in [-0.4, -0.2) is 90.9 Å². The maximum atomic E-state index is 14.2. The number of H-pyrrole nitrogens is 1. The molecule has 332 valence electrons. The van der Waals surface area contributed by atoms with Crippen LogP contribution in [0, 0.1) is 81.8 Å². The number of esters is 1. The summed E-state index contributed by atoms with van der Waals surface area (Å²) in [6.07, 6.45) is 7.50. The highest BCUT2D eigenvalue weighted by Gasteiger charge is 2.73. The lowest BCUT2D eigenvalue weighted by Gasteiger charge is -2.61. The lowest BCUT2D eigenvalue weighted by atomic mass is 9.44. The second-order valence-corrected chi connectivity index (χ2v) is 21.1. The molecular formula is C48H72N4O8. The Hall–Kier alpha value is -3.21. The molecule has 12 nitrogen and oxygen atoms in total. The maximum Gasteiger partial charge on any atom is 0.313 e. The molecule has 10 N–H and O–H groups in total. The zero-order valence-corrected chi connectivity index (χ0v) is 36.6. The van der Waals surface area contributed by atoms with Crippen LogP contribution in [-0.2, 0) is 14.3 Å². The molecule has 60 heavy (non-hydrogen) atoms. The normalized spacial score (nSPS) is 45.6. The molecular weight excluding hydrogens is 761 g/mol. The quantitative estimate of drug-likeness (QED) is 0.0788. The number of allylic oxidation sites excluding steroid dienone is 1. The van der Waals surface area contributed by atoms with E-state index in [2.05, 4.69) is 49.5 Å². The minimum atomic E-state index is -1.68. The molecule has 4 fully saturated rings. The number of nitrogens with two attached hydrogens (primary N) is 2. The number of nitrogens with zero attached hydrogens (tertiary/aromatic N) is 1. The van der Waals surface area contributed by atoms with Crippen molar-refractivity contribution in [2.45, 2.75) is 148 Å². The van der Waals surface area contributed by atoms with Gasteiger partial charge >= 0.3 is 5.97 Å². The van der Waals surface area contributed by atoms with Gasteiger partial charge in [-0.25, -0.2) is 0 Å².